The van der Waals surface area contributed by atoms with Gasteiger partial charge < -0.3 is 9.88 Å². The number of hydrogen-bond acceptors (Lipinski definition) is 5. The zero-order valence-corrected chi connectivity index (χ0v) is 15.6. The van der Waals surface area contributed by atoms with Crippen molar-refractivity contribution in [2.75, 3.05) is 13.1 Å². The number of tetrazole rings is 1. The van der Waals surface area contributed by atoms with Crippen LogP contribution in [0.3, 0.4) is 0 Å². The molecule has 4 aromatic rings. The van der Waals surface area contributed by atoms with Gasteiger partial charge >= 0.3 is 0 Å². The van der Waals surface area contributed by atoms with Crippen molar-refractivity contribution in [3.8, 4) is 5.69 Å². The molecule has 1 fully saturated rings. The van der Waals surface area contributed by atoms with Gasteiger partial charge in [0.05, 0.1) is 23.4 Å². The molecule has 0 amide bonds. The molecule has 1 aliphatic rings. The molecule has 1 aliphatic heterocycles. The van der Waals surface area contributed by atoms with Gasteiger partial charge in [-0.2, -0.15) is 0 Å². The summed E-state index contributed by atoms with van der Waals surface area (Å²) in [5, 5.41) is 14.9. The van der Waals surface area contributed by atoms with E-state index in [-0.39, 0.29) is 12.4 Å². The maximum absolute atomic E-state index is 14.8. The Bertz CT molecular complexity index is 1150. The van der Waals surface area contributed by atoms with E-state index in [2.05, 4.69) is 25.8 Å². The molecule has 0 bridgehead atoms. The standard InChI is InChI=1S/C20H19F2N7/c21-17-8-15(13-1-4-23-5-2-13)10-24-19(17)11-28-6-3-14-7-16(9-18(22)20(14)28)29-12-25-26-27-29/h3,6-10,12-13,23H,1-2,4-5,11H2. The van der Waals surface area contributed by atoms with Crippen LogP contribution in [-0.2, 0) is 6.54 Å². The van der Waals surface area contributed by atoms with Crippen LogP contribution < -0.4 is 5.32 Å². The summed E-state index contributed by atoms with van der Waals surface area (Å²) in [6.07, 6.45) is 6.86. The number of aromatic nitrogens is 6. The number of nitrogens with zero attached hydrogens (tertiary/aromatic N) is 6. The van der Waals surface area contributed by atoms with Crippen molar-refractivity contribution >= 4 is 10.9 Å². The predicted octanol–water partition coefficient (Wildman–Crippen LogP) is 2.81. The predicted molar refractivity (Wildman–Crippen MR) is 103 cm³/mol. The molecule has 0 radical (unpaired) electrons. The van der Waals surface area contributed by atoms with Crippen LogP contribution >= 0.6 is 0 Å². The van der Waals surface area contributed by atoms with Crippen LogP contribution in [0.25, 0.3) is 16.6 Å². The second kappa shape index (κ2) is 7.32. The van der Waals surface area contributed by atoms with Gasteiger partial charge in [0.15, 0.2) is 0 Å². The zero-order chi connectivity index (χ0) is 19.8. The molecule has 0 unspecified atom stereocenters. The molecule has 0 saturated carbocycles. The molecule has 29 heavy (non-hydrogen) atoms. The minimum Gasteiger partial charge on any atom is -0.339 e. The Balaban J connectivity index is 1.44. The van der Waals surface area contributed by atoms with Crippen LogP contribution in [0.2, 0.25) is 0 Å². The molecular formula is C20H19F2N7. The number of hydrogen-bond donors (Lipinski definition) is 1. The van der Waals surface area contributed by atoms with Crippen LogP contribution in [0.5, 0.6) is 0 Å². The Kier molecular flexibility index (Phi) is 4.51. The van der Waals surface area contributed by atoms with E-state index in [1.54, 1.807) is 35.2 Å². The lowest BCUT2D eigenvalue weighted by Crippen LogP contribution is -2.26. The van der Waals surface area contributed by atoms with E-state index in [0.717, 1.165) is 31.5 Å². The van der Waals surface area contributed by atoms with E-state index in [1.807, 2.05) is 0 Å². The van der Waals surface area contributed by atoms with Crippen LogP contribution in [0, 0.1) is 11.6 Å². The van der Waals surface area contributed by atoms with Crippen molar-refractivity contribution in [2.45, 2.75) is 25.3 Å². The lowest BCUT2D eigenvalue weighted by molar-refractivity contribution is 0.456. The highest BCUT2D eigenvalue weighted by Crippen LogP contribution is 2.27. The number of piperidine rings is 1. The van der Waals surface area contributed by atoms with Gasteiger partial charge in [-0.15, -0.1) is 5.10 Å². The molecular weight excluding hydrogens is 376 g/mol. The van der Waals surface area contributed by atoms with Gasteiger partial charge in [-0.1, -0.05) is 0 Å². The molecule has 1 saturated heterocycles. The third kappa shape index (κ3) is 3.38. The number of benzene rings is 1. The molecule has 148 valence electrons. The third-order valence-electron chi connectivity index (χ3n) is 5.48. The Morgan fingerprint density at radius 1 is 1.10 bits per heavy atom. The molecule has 0 spiro atoms. The summed E-state index contributed by atoms with van der Waals surface area (Å²) in [6, 6.07) is 6.51. The van der Waals surface area contributed by atoms with Gasteiger partial charge in [-0.3, -0.25) is 4.98 Å². The summed E-state index contributed by atoms with van der Waals surface area (Å²) in [5.41, 5.74) is 2.14. The maximum Gasteiger partial charge on any atom is 0.149 e. The van der Waals surface area contributed by atoms with Crippen molar-refractivity contribution in [1.82, 2.24) is 35.1 Å². The van der Waals surface area contributed by atoms with Crippen LogP contribution in [0.1, 0.15) is 30.0 Å². The fraction of sp³-hybridized carbons (Fsp3) is 0.300. The monoisotopic (exact) mass is 395 g/mol. The maximum atomic E-state index is 14.8. The van der Waals surface area contributed by atoms with E-state index in [1.165, 1.54) is 17.1 Å². The molecule has 4 heterocycles. The van der Waals surface area contributed by atoms with Crippen molar-refractivity contribution in [2.24, 2.45) is 0 Å². The lowest BCUT2D eigenvalue weighted by atomic mass is 9.91. The van der Waals surface area contributed by atoms with Crippen molar-refractivity contribution in [1.29, 1.82) is 0 Å². The fourth-order valence-electron chi connectivity index (χ4n) is 3.96. The number of fused-ring (bicyclic) bond motifs is 1. The Morgan fingerprint density at radius 2 is 1.97 bits per heavy atom. The van der Waals surface area contributed by atoms with E-state index < -0.39 is 5.82 Å². The minimum absolute atomic E-state index is 0.156. The summed E-state index contributed by atoms with van der Waals surface area (Å²) in [4.78, 5) is 4.35. The normalized spacial score (nSPS) is 15.2. The van der Waals surface area contributed by atoms with E-state index in [0.29, 0.717) is 28.2 Å². The Hall–Kier alpha value is -3.20. The highest BCUT2D eigenvalue weighted by Gasteiger charge is 2.18. The molecule has 1 aromatic carbocycles. The minimum atomic E-state index is -0.426. The first-order chi connectivity index (χ1) is 14.2. The highest BCUT2D eigenvalue weighted by atomic mass is 19.1. The molecule has 7 nitrogen and oxygen atoms in total. The van der Waals surface area contributed by atoms with Gasteiger partial charge in [0.25, 0.3) is 0 Å². The van der Waals surface area contributed by atoms with E-state index in [9.17, 15) is 8.78 Å². The number of nitrogens with one attached hydrogen (secondary N) is 1. The average molecular weight is 395 g/mol. The number of rotatable bonds is 4. The van der Waals surface area contributed by atoms with Gasteiger partial charge in [-0.05, 0) is 66.0 Å². The summed E-state index contributed by atoms with van der Waals surface area (Å²) >= 11 is 0. The largest absolute Gasteiger partial charge is 0.339 e. The SMILES string of the molecule is Fc1cc(C2CCNCC2)cnc1Cn1ccc2cc(-n3cnnn3)cc(F)c21. The third-order valence-corrected chi connectivity index (χ3v) is 5.48. The first-order valence-electron chi connectivity index (χ1n) is 9.56. The van der Waals surface area contributed by atoms with E-state index >= 15 is 0 Å². The second-order valence-corrected chi connectivity index (χ2v) is 7.28. The molecule has 0 atom stereocenters. The quantitative estimate of drug-likeness (QED) is 0.575. The summed E-state index contributed by atoms with van der Waals surface area (Å²) in [6.45, 7) is 2.04. The van der Waals surface area contributed by atoms with Crippen LogP contribution in [0.15, 0.2) is 43.0 Å². The zero-order valence-electron chi connectivity index (χ0n) is 15.6. The number of halogens is 2. The molecule has 9 heteroatoms. The second-order valence-electron chi connectivity index (χ2n) is 7.28. The van der Waals surface area contributed by atoms with Gasteiger partial charge in [0.1, 0.15) is 18.0 Å². The van der Waals surface area contributed by atoms with Crippen molar-refractivity contribution in [3.63, 3.8) is 0 Å². The van der Waals surface area contributed by atoms with Crippen molar-refractivity contribution in [3.05, 3.63) is 65.9 Å². The van der Waals surface area contributed by atoms with Crippen LogP contribution in [-0.4, -0.2) is 42.8 Å². The van der Waals surface area contributed by atoms with Gasteiger partial charge in [0.2, 0.25) is 0 Å². The van der Waals surface area contributed by atoms with Gasteiger partial charge in [0, 0.05) is 23.8 Å². The first-order valence-corrected chi connectivity index (χ1v) is 9.56. The fourth-order valence-corrected chi connectivity index (χ4v) is 3.96. The highest BCUT2D eigenvalue weighted by molar-refractivity contribution is 5.83. The Labute approximate surface area is 165 Å². The van der Waals surface area contributed by atoms with Crippen LogP contribution in [0.4, 0.5) is 8.78 Å². The molecule has 5 rings (SSSR count). The summed E-state index contributed by atoms with van der Waals surface area (Å²) < 4.78 is 32.6. The molecule has 3 aromatic heterocycles. The molecule has 0 aliphatic carbocycles. The Morgan fingerprint density at radius 3 is 2.72 bits per heavy atom. The lowest BCUT2D eigenvalue weighted by Gasteiger charge is -2.23. The number of pyridine rings is 1. The van der Waals surface area contributed by atoms with E-state index in [4.69, 9.17) is 0 Å². The molecule has 1 N–H and O–H groups in total. The van der Waals surface area contributed by atoms with Gasteiger partial charge in [-0.25, -0.2) is 13.5 Å². The van der Waals surface area contributed by atoms with Crippen molar-refractivity contribution < 1.29 is 8.78 Å². The average Bonchev–Trinajstić information content (AvgIpc) is 3.41. The smallest absolute Gasteiger partial charge is 0.149 e. The summed E-state index contributed by atoms with van der Waals surface area (Å²) in [7, 11) is 0. The summed E-state index contributed by atoms with van der Waals surface area (Å²) in [5.74, 6) is -0.444. The first kappa shape index (κ1) is 17.9. The topological polar surface area (TPSA) is 73.5 Å².